The summed E-state index contributed by atoms with van der Waals surface area (Å²) in [5.74, 6) is -1.18. The van der Waals surface area contributed by atoms with Crippen LogP contribution in [-0.4, -0.2) is 35.2 Å². The molecule has 0 saturated carbocycles. The summed E-state index contributed by atoms with van der Waals surface area (Å²) in [6.45, 7) is 1.44. The molecule has 1 aromatic carbocycles. The highest BCUT2D eigenvalue weighted by atomic mass is 32.2. The molecule has 1 saturated heterocycles. The highest BCUT2D eigenvalue weighted by Crippen LogP contribution is 2.33. The lowest BCUT2D eigenvalue weighted by atomic mass is 10.1. The molecule has 1 aliphatic rings. The van der Waals surface area contributed by atoms with Crippen molar-refractivity contribution in [3.05, 3.63) is 40.3 Å². The molecule has 1 heterocycles. The van der Waals surface area contributed by atoms with Gasteiger partial charge in [0, 0.05) is 0 Å². The highest BCUT2D eigenvalue weighted by molar-refractivity contribution is 8.18. The maximum Gasteiger partial charge on any atom is 0.328 e. The van der Waals surface area contributed by atoms with E-state index in [9.17, 15) is 14.4 Å². The number of ether oxygens (including phenoxy) is 1. The van der Waals surface area contributed by atoms with Crippen molar-refractivity contribution in [2.75, 3.05) is 7.11 Å². The van der Waals surface area contributed by atoms with E-state index in [4.69, 9.17) is 5.26 Å². The maximum absolute atomic E-state index is 12.3. The summed E-state index contributed by atoms with van der Waals surface area (Å²) in [7, 11) is 1.20. The van der Waals surface area contributed by atoms with Crippen molar-refractivity contribution in [1.82, 2.24) is 4.90 Å². The number of imide groups is 1. The second kappa shape index (κ2) is 6.45. The lowest BCUT2D eigenvalue weighted by molar-refractivity contribution is -0.148. The van der Waals surface area contributed by atoms with Gasteiger partial charge in [-0.15, -0.1) is 0 Å². The first-order chi connectivity index (χ1) is 10.5. The average molecular weight is 316 g/mol. The predicted octanol–water partition coefficient (Wildman–Crippen LogP) is 2.16. The number of carbonyl (C=O) groups is 3. The van der Waals surface area contributed by atoms with Crippen molar-refractivity contribution in [2.24, 2.45) is 0 Å². The summed E-state index contributed by atoms with van der Waals surface area (Å²) in [6, 6.07) is 7.62. The molecule has 22 heavy (non-hydrogen) atoms. The smallest absolute Gasteiger partial charge is 0.328 e. The Morgan fingerprint density at radius 2 is 2.00 bits per heavy atom. The number of nitriles is 1. The molecule has 1 atom stereocenters. The first-order valence-electron chi connectivity index (χ1n) is 6.33. The molecule has 0 radical (unpaired) electrons. The maximum atomic E-state index is 12.3. The molecule has 2 rings (SSSR count). The number of thioether (sulfide) groups is 1. The Balaban J connectivity index is 2.25. The molecule has 0 N–H and O–H groups in total. The lowest BCUT2D eigenvalue weighted by Crippen LogP contribution is -2.42. The van der Waals surface area contributed by atoms with Gasteiger partial charge in [0.2, 0.25) is 0 Å². The minimum atomic E-state index is -0.968. The van der Waals surface area contributed by atoms with Crippen molar-refractivity contribution < 1.29 is 19.1 Å². The Morgan fingerprint density at radius 1 is 1.36 bits per heavy atom. The summed E-state index contributed by atoms with van der Waals surface area (Å²) in [6.07, 6.45) is 1.55. The molecule has 1 aliphatic heterocycles. The number of hydrogen-bond acceptors (Lipinski definition) is 6. The quantitative estimate of drug-likeness (QED) is 0.627. The van der Waals surface area contributed by atoms with E-state index >= 15 is 0 Å². The van der Waals surface area contributed by atoms with Crippen LogP contribution in [-0.2, 0) is 14.3 Å². The number of benzene rings is 1. The van der Waals surface area contributed by atoms with Crippen molar-refractivity contribution in [3.63, 3.8) is 0 Å². The molecule has 112 valence electrons. The number of esters is 1. The van der Waals surface area contributed by atoms with E-state index in [0.29, 0.717) is 11.1 Å². The predicted molar refractivity (Wildman–Crippen MR) is 80.4 cm³/mol. The molecule has 1 fully saturated rings. The summed E-state index contributed by atoms with van der Waals surface area (Å²) >= 11 is 0.769. The zero-order valence-electron chi connectivity index (χ0n) is 11.9. The molecule has 2 amide bonds. The Hall–Kier alpha value is -2.59. The van der Waals surface area contributed by atoms with Crippen LogP contribution in [0.1, 0.15) is 18.1 Å². The Morgan fingerprint density at radius 3 is 2.55 bits per heavy atom. The van der Waals surface area contributed by atoms with E-state index in [0.717, 1.165) is 16.7 Å². The number of rotatable bonds is 3. The molecular weight excluding hydrogens is 304 g/mol. The molecular formula is C15H12N2O4S. The van der Waals surface area contributed by atoms with Crippen molar-refractivity contribution >= 4 is 35.0 Å². The van der Waals surface area contributed by atoms with Crippen molar-refractivity contribution in [1.29, 1.82) is 5.26 Å². The van der Waals surface area contributed by atoms with E-state index in [2.05, 4.69) is 4.74 Å². The summed E-state index contributed by atoms with van der Waals surface area (Å²) in [4.78, 5) is 36.8. The second-order valence-electron chi connectivity index (χ2n) is 4.48. The van der Waals surface area contributed by atoms with Gasteiger partial charge in [-0.2, -0.15) is 5.26 Å². The highest BCUT2D eigenvalue weighted by Gasteiger charge is 2.41. The SMILES string of the molecule is COC(=O)[C@@H](C)N1C(=O)S/C(=C/c2ccc(C#N)cc2)C1=O. The van der Waals surface area contributed by atoms with Gasteiger partial charge < -0.3 is 4.74 Å². The summed E-state index contributed by atoms with van der Waals surface area (Å²) < 4.78 is 4.56. The molecule has 0 spiro atoms. The van der Waals surface area contributed by atoms with Crippen LogP contribution in [0.2, 0.25) is 0 Å². The van der Waals surface area contributed by atoms with Crippen LogP contribution in [0.15, 0.2) is 29.2 Å². The Bertz CT molecular complexity index is 703. The number of amides is 2. The van der Waals surface area contributed by atoms with Gasteiger partial charge in [0.15, 0.2) is 0 Å². The van der Waals surface area contributed by atoms with E-state index in [-0.39, 0.29) is 4.91 Å². The van der Waals surface area contributed by atoms with Gasteiger partial charge in [0.25, 0.3) is 11.1 Å². The second-order valence-corrected chi connectivity index (χ2v) is 5.48. The van der Waals surface area contributed by atoms with Gasteiger partial charge in [0.05, 0.1) is 23.6 Å². The fourth-order valence-corrected chi connectivity index (χ4v) is 2.80. The van der Waals surface area contributed by atoms with Crippen molar-refractivity contribution in [2.45, 2.75) is 13.0 Å². The number of hydrogen-bond donors (Lipinski definition) is 0. The molecule has 1 aromatic rings. The molecule has 0 bridgehead atoms. The van der Waals surface area contributed by atoms with E-state index in [1.165, 1.54) is 14.0 Å². The van der Waals surface area contributed by atoms with Gasteiger partial charge in [-0.25, -0.2) is 4.79 Å². The standard InChI is InChI=1S/C15H12N2O4S/c1-9(14(19)21-2)17-13(18)12(22-15(17)20)7-10-3-5-11(8-16)6-4-10/h3-7,9H,1-2H3/b12-7+/t9-/m1/s1. The summed E-state index contributed by atoms with van der Waals surface area (Å²) in [5.41, 5.74) is 1.19. The number of nitrogens with zero attached hydrogens (tertiary/aromatic N) is 2. The fraction of sp³-hybridized carbons (Fsp3) is 0.200. The molecule has 0 aromatic heterocycles. The van der Waals surface area contributed by atoms with Gasteiger partial charge in [-0.05, 0) is 42.5 Å². The molecule has 0 aliphatic carbocycles. The average Bonchev–Trinajstić information content (AvgIpc) is 2.80. The van der Waals surface area contributed by atoms with Gasteiger partial charge in [-0.1, -0.05) is 12.1 Å². The zero-order valence-corrected chi connectivity index (χ0v) is 12.7. The van der Waals surface area contributed by atoms with Crippen LogP contribution in [0.5, 0.6) is 0 Å². The minimum Gasteiger partial charge on any atom is -0.467 e. The number of carbonyl (C=O) groups excluding carboxylic acids is 3. The summed E-state index contributed by atoms with van der Waals surface area (Å²) in [5, 5.41) is 8.23. The van der Waals surface area contributed by atoms with Crippen LogP contribution in [0.25, 0.3) is 6.08 Å². The van der Waals surface area contributed by atoms with Crippen molar-refractivity contribution in [3.8, 4) is 6.07 Å². The van der Waals surface area contributed by atoms with Crippen LogP contribution < -0.4 is 0 Å². The Labute approximate surface area is 131 Å². The third-order valence-corrected chi connectivity index (χ3v) is 3.97. The number of methoxy groups -OCH3 is 1. The largest absolute Gasteiger partial charge is 0.467 e. The molecule has 6 nitrogen and oxygen atoms in total. The van der Waals surface area contributed by atoms with E-state index in [1.54, 1.807) is 30.3 Å². The molecule has 0 unspecified atom stereocenters. The minimum absolute atomic E-state index is 0.227. The first-order valence-corrected chi connectivity index (χ1v) is 7.14. The zero-order chi connectivity index (χ0) is 16.3. The fourth-order valence-electron chi connectivity index (χ4n) is 1.89. The van der Waals surface area contributed by atoms with Crippen LogP contribution in [0, 0.1) is 11.3 Å². The van der Waals surface area contributed by atoms with Crippen LogP contribution >= 0.6 is 11.8 Å². The van der Waals surface area contributed by atoms with E-state index < -0.39 is 23.2 Å². The van der Waals surface area contributed by atoms with E-state index in [1.807, 2.05) is 6.07 Å². The third-order valence-electron chi connectivity index (χ3n) is 3.09. The first kappa shape index (κ1) is 15.8. The Kier molecular flexibility index (Phi) is 4.63. The van der Waals surface area contributed by atoms with Gasteiger partial charge in [0.1, 0.15) is 6.04 Å². The van der Waals surface area contributed by atoms with Gasteiger partial charge in [-0.3, -0.25) is 14.5 Å². The van der Waals surface area contributed by atoms with Gasteiger partial charge >= 0.3 is 5.97 Å². The van der Waals surface area contributed by atoms with Crippen LogP contribution in [0.4, 0.5) is 4.79 Å². The third kappa shape index (κ3) is 3.02. The monoisotopic (exact) mass is 316 g/mol. The lowest BCUT2D eigenvalue weighted by Gasteiger charge is -2.18. The topological polar surface area (TPSA) is 87.5 Å². The van der Waals surface area contributed by atoms with Crippen LogP contribution in [0.3, 0.4) is 0 Å². The molecule has 7 heteroatoms. The normalized spacial score (nSPS) is 17.5.